The first-order valence-corrected chi connectivity index (χ1v) is 9.67. The van der Waals surface area contributed by atoms with E-state index in [2.05, 4.69) is 46.9 Å². The van der Waals surface area contributed by atoms with Crippen LogP contribution in [0.1, 0.15) is 32.6 Å². The van der Waals surface area contributed by atoms with E-state index in [9.17, 15) is 4.79 Å². The van der Waals surface area contributed by atoms with E-state index in [-0.39, 0.29) is 5.91 Å². The third-order valence-electron chi connectivity index (χ3n) is 4.03. The van der Waals surface area contributed by atoms with Gasteiger partial charge in [0.1, 0.15) is 0 Å². The molecule has 1 aromatic heterocycles. The summed E-state index contributed by atoms with van der Waals surface area (Å²) in [6.07, 6.45) is 1.80. The van der Waals surface area contributed by atoms with Crippen LogP contribution < -0.4 is 16.0 Å². The number of hydrogen-bond donors (Lipinski definition) is 3. The van der Waals surface area contributed by atoms with Crippen LogP contribution in [0, 0.1) is 6.92 Å². The molecule has 2 aromatic rings. The molecule has 140 valence electrons. The van der Waals surface area contributed by atoms with Crippen molar-refractivity contribution in [1.29, 1.82) is 0 Å². The SMILES string of the molecule is CN=C(NCCc1cccc(C(=O)NC)c1)NC(C)Cc1ccc(C)s1. The Morgan fingerprint density at radius 1 is 1.27 bits per heavy atom. The number of benzene rings is 1. The van der Waals surface area contributed by atoms with Crippen LogP contribution in [0.2, 0.25) is 0 Å². The Balaban J connectivity index is 1.80. The maximum atomic E-state index is 11.7. The topological polar surface area (TPSA) is 65.5 Å². The number of rotatable bonds is 7. The molecular formula is C20H28N4OS. The zero-order chi connectivity index (χ0) is 18.9. The van der Waals surface area contributed by atoms with Gasteiger partial charge in [-0.3, -0.25) is 9.79 Å². The Kier molecular flexibility index (Phi) is 7.66. The lowest BCUT2D eigenvalue weighted by Gasteiger charge is -2.17. The third kappa shape index (κ3) is 6.19. The Hall–Kier alpha value is -2.34. The number of carbonyl (C=O) groups excluding carboxylic acids is 1. The standard InChI is InChI=1S/C20H28N4OS/c1-14(12-18-9-8-15(2)26-18)24-20(22-4)23-11-10-16-6-5-7-17(13-16)19(25)21-3/h5-9,13-14H,10-12H2,1-4H3,(H,21,25)(H2,22,23,24). The molecule has 0 saturated carbocycles. The lowest BCUT2D eigenvalue weighted by atomic mass is 10.1. The van der Waals surface area contributed by atoms with E-state index in [4.69, 9.17) is 0 Å². The van der Waals surface area contributed by atoms with Crippen LogP contribution in [-0.4, -0.2) is 38.5 Å². The van der Waals surface area contributed by atoms with Gasteiger partial charge in [-0.25, -0.2) is 0 Å². The summed E-state index contributed by atoms with van der Waals surface area (Å²) >= 11 is 1.84. The van der Waals surface area contributed by atoms with Gasteiger partial charge in [0.15, 0.2) is 5.96 Å². The molecule has 0 fully saturated rings. The zero-order valence-corrected chi connectivity index (χ0v) is 16.7. The first-order valence-electron chi connectivity index (χ1n) is 8.85. The van der Waals surface area contributed by atoms with Crippen molar-refractivity contribution in [1.82, 2.24) is 16.0 Å². The van der Waals surface area contributed by atoms with Gasteiger partial charge in [0.05, 0.1) is 0 Å². The van der Waals surface area contributed by atoms with Crippen molar-refractivity contribution in [2.45, 2.75) is 32.7 Å². The Bertz CT molecular complexity index is 754. The number of nitrogens with zero attached hydrogens (tertiary/aromatic N) is 1. The van der Waals surface area contributed by atoms with Gasteiger partial charge in [0, 0.05) is 48.4 Å². The highest BCUT2D eigenvalue weighted by molar-refractivity contribution is 7.11. The lowest BCUT2D eigenvalue weighted by molar-refractivity contribution is 0.0963. The average molecular weight is 373 g/mol. The largest absolute Gasteiger partial charge is 0.356 e. The second-order valence-corrected chi connectivity index (χ2v) is 7.66. The monoisotopic (exact) mass is 372 g/mol. The maximum absolute atomic E-state index is 11.7. The summed E-state index contributed by atoms with van der Waals surface area (Å²) < 4.78 is 0. The van der Waals surface area contributed by atoms with Gasteiger partial charge in [-0.15, -0.1) is 11.3 Å². The minimum atomic E-state index is -0.0603. The van der Waals surface area contributed by atoms with E-state index in [1.165, 1.54) is 9.75 Å². The molecule has 0 bridgehead atoms. The van der Waals surface area contributed by atoms with Crippen LogP contribution in [0.25, 0.3) is 0 Å². The van der Waals surface area contributed by atoms with Crippen LogP contribution in [0.15, 0.2) is 41.4 Å². The van der Waals surface area contributed by atoms with Gasteiger partial charge in [-0.1, -0.05) is 12.1 Å². The van der Waals surface area contributed by atoms with Crippen molar-refractivity contribution in [2.24, 2.45) is 4.99 Å². The number of nitrogens with one attached hydrogen (secondary N) is 3. The van der Waals surface area contributed by atoms with Gasteiger partial charge >= 0.3 is 0 Å². The predicted octanol–water partition coefficient (Wildman–Crippen LogP) is 2.75. The summed E-state index contributed by atoms with van der Waals surface area (Å²) in [6, 6.07) is 12.4. The van der Waals surface area contributed by atoms with Crippen molar-refractivity contribution in [3.05, 3.63) is 57.3 Å². The second-order valence-electron chi connectivity index (χ2n) is 6.29. The van der Waals surface area contributed by atoms with Crippen LogP contribution >= 0.6 is 11.3 Å². The average Bonchev–Trinajstić information content (AvgIpc) is 3.04. The molecule has 1 heterocycles. The highest BCUT2D eigenvalue weighted by Gasteiger charge is 2.08. The molecule has 2 rings (SSSR count). The number of thiophene rings is 1. The van der Waals surface area contributed by atoms with Gasteiger partial charge in [-0.2, -0.15) is 0 Å². The molecule has 1 amide bonds. The summed E-state index contributed by atoms with van der Waals surface area (Å²) in [5.74, 6) is 0.739. The van der Waals surface area contributed by atoms with Crippen LogP contribution in [-0.2, 0) is 12.8 Å². The predicted molar refractivity (Wildman–Crippen MR) is 110 cm³/mol. The minimum absolute atomic E-state index is 0.0603. The van der Waals surface area contributed by atoms with Crippen LogP contribution in [0.3, 0.4) is 0 Å². The number of carbonyl (C=O) groups is 1. The summed E-state index contributed by atoms with van der Waals surface area (Å²) in [6.45, 7) is 5.04. The van der Waals surface area contributed by atoms with Gasteiger partial charge in [0.2, 0.25) is 0 Å². The van der Waals surface area contributed by atoms with Crippen LogP contribution in [0.5, 0.6) is 0 Å². The van der Waals surface area contributed by atoms with Crippen molar-refractivity contribution in [3.63, 3.8) is 0 Å². The Labute approximate surface area is 159 Å². The van der Waals surface area contributed by atoms with Gasteiger partial charge < -0.3 is 16.0 Å². The van der Waals surface area contributed by atoms with Gasteiger partial charge in [-0.05, 0) is 50.1 Å². The van der Waals surface area contributed by atoms with Crippen molar-refractivity contribution < 1.29 is 4.79 Å². The van der Waals surface area contributed by atoms with E-state index < -0.39 is 0 Å². The molecule has 1 unspecified atom stereocenters. The van der Waals surface area contributed by atoms with Crippen molar-refractivity contribution in [2.75, 3.05) is 20.6 Å². The van der Waals surface area contributed by atoms with Gasteiger partial charge in [0.25, 0.3) is 5.91 Å². The highest BCUT2D eigenvalue weighted by atomic mass is 32.1. The van der Waals surface area contributed by atoms with E-state index in [0.29, 0.717) is 11.6 Å². The molecule has 3 N–H and O–H groups in total. The maximum Gasteiger partial charge on any atom is 0.251 e. The molecule has 6 heteroatoms. The van der Waals surface area contributed by atoms with E-state index in [0.717, 1.165) is 30.9 Å². The normalized spacial score (nSPS) is 12.5. The lowest BCUT2D eigenvalue weighted by Crippen LogP contribution is -2.43. The Morgan fingerprint density at radius 2 is 2.08 bits per heavy atom. The summed E-state index contributed by atoms with van der Waals surface area (Å²) in [5.41, 5.74) is 1.81. The number of amides is 1. The molecule has 0 aliphatic rings. The number of guanidine groups is 1. The molecule has 26 heavy (non-hydrogen) atoms. The molecule has 0 radical (unpaired) electrons. The molecule has 1 aromatic carbocycles. The Morgan fingerprint density at radius 3 is 2.73 bits per heavy atom. The summed E-state index contributed by atoms with van der Waals surface area (Å²) in [7, 11) is 3.43. The molecule has 5 nitrogen and oxygen atoms in total. The van der Waals surface area contributed by atoms with Crippen LogP contribution in [0.4, 0.5) is 0 Å². The second kappa shape index (κ2) is 9.97. The van der Waals surface area contributed by atoms with Crippen molar-refractivity contribution >= 4 is 23.2 Å². The number of hydrogen-bond acceptors (Lipinski definition) is 3. The van der Waals surface area contributed by atoms with E-state index in [1.54, 1.807) is 14.1 Å². The zero-order valence-electron chi connectivity index (χ0n) is 15.9. The molecular weight excluding hydrogens is 344 g/mol. The smallest absolute Gasteiger partial charge is 0.251 e. The fourth-order valence-corrected chi connectivity index (χ4v) is 3.73. The fourth-order valence-electron chi connectivity index (χ4n) is 2.71. The molecule has 0 spiro atoms. The number of aliphatic imine (C=N–C) groups is 1. The minimum Gasteiger partial charge on any atom is -0.356 e. The number of aryl methyl sites for hydroxylation is 1. The van der Waals surface area contributed by atoms with E-state index >= 15 is 0 Å². The summed E-state index contributed by atoms with van der Waals surface area (Å²) in [4.78, 5) is 18.7. The quantitative estimate of drug-likeness (QED) is 0.517. The fraction of sp³-hybridized carbons (Fsp3) is 0.400. The summed E-state index contributed by atoms with van der Waals surface area (Å²) in [5, 5.41) is 9.43. The molecule has 0 saturated heterocycles. The van der Waals surface area contributed by atoms with E-state index in [1.807, 2.05) is 35.6 Å². The molecule has 0 aliphatic carbocycles. The first kappa shape index (κ1) is 20.0. The first-order chi connectivity index (χ1) is 12.5. The van der Waals surface area contributed by atoms with Crippen molar-refractivity contribution in [3.8, 4) is 0 Å². The molecule has 0 aliphatic heterocycles. The molecule has 1 atom stereocenters. The highest BCUT2D eigenvalue weighted by Crippen LogP contribution is 2.16. The third-order valence-corrected chi connectivity index (χ3v) is 5.06.